The number of nitrogens with one attached hydrogen (secondary N) is 2. The fraction of sp³-hybridized carbons (Fsp3) is 0.0556. The second kappa shape index (κ2) is 6.67. The molecule has 1 aromatic heterocycles. The summed E-state index contributed by atoms with van der Waals surface area (Å²) in [6, 6.07) is 11.7. The zero-order chi connectivity index (χ0) is 17.9. The van der Waals surface area contributed by atoms with Gasteiger partial charge >= 0.3 is 0 Å². The van der Waals surface area contributed by atoms with E-state index in [0.29, 0.717) is 23.7 Å². The van der Waals surface area contributed by atoms with Crippen molar-refractivity contribution >= 4 is 35.0 Å². The number of phenolic OH excluding ortho intramolecular Hbond substituents is 1. The zero-order valence-electron chi connectivity index (χ0n) is 13.5. The van der Waals surface area contributed by atoms with Crippen molar-refractivity contribution in [1.29, 1.82) is 0 Å². The number of anilines is 4. The first-order chi connectivity index (χ1) is 12.7. The van der Waals surface area contributed by atoms with Crippen LogP contribution in [0.2, 0.25) is 0 Å². The Hall–Kier alpha value is -3.68. The number of rotatable bonds is 4. The number of halogens is 1. The standard InChI is InChI=1S/C18H14FN5O2/c19-14-10-21-18(23-11-2-1-3-13(25)8-11)24-17(14)22-12-4-5-15-16(9-12)26-7-6-20-15/h1-6,8-10,25H,7H2,(H2,21,22,23,24). The maximum absolute atomic E-state index is 14.1. The lowest BCUT2D eigenvalue weighted by Crippen LogP contribution is -2.05. The van der Waals surface area contributed by atoms with Gasteiger partial charge in [0.2, 0.25) is 5.95 Å². The summed E-state index contributed by atoms with van der Waals surface area (Å²) < 4.78 is 19.6. The van der Waals surface area contributed by atoms with Crippen molar-refractivity contribution in [2.75, 3.05) is 17.2 Å². The van der Waals surface area contributed by atoms with Crippen LogP contribution in [0.4, 0.5) is 33.2 Å². The van der Waals surface area contributed by atoms with Crippen molar-refractivity contribution in [3.05, 3.63) is 54.5 Å². The van der Waals surface area contributed by atoms with E-state index in [1.165, 1.54) is 6.07 Å². The molecule has 3 N–H and O–H groups in total. The van der Waals surface area contributed by atoms with Crippen molar-refractivity contribution in [3.63, 3.8) is 0 Å². The van der Waals surface area contributed by atoms with E-state index >= 15 is 0 Å². The number of aromatic hydroxyl groups is 1. The molecular weight excluding hydrogens is 337 g/mol. The average molecular weight is 351 g/mol. The maximum atomic E-state index is 14.1. The summed E-state index contributed by atoms with van der Waals surface area (Å²) in [5, 5.41) is 15.3. The molecule has 0 saturated heterocycles. The lowest BCUT2D eigenvalue weighted by Gasteiger charge is -2.14. The summed E-state index contributed by atoms with van der Waals surface area (Å²) in [7, 11) is 0. The number of phenols is 1. The van der Waals surface area contributed by atoms with Gasteiger partial charge in [-0.2, -0.15) is 4.98 Å². The Morgan fingerprint density at radius 3 is 2.85 bits per heavy atom. The number of ether oxygens (including phenoxy) is 1. The van der Waals surface area contributed by atoms with Crippen molar-refractivity contribution in [2.45, 2.75) is 0 Å². The second-order valence-electron chi connectivity index (χ2n) is 5.50. The van der Waals surface area contributed by atoms with E-state index in [2.05, 4.69) is 25.6 Å². The van der Waals surface area contributed by atoms with Crippen LogP contribution in [0, 0.1) is 5.82 Å². The number of aliphatic imine (C=N–C) groups is 1. The lowest BCUT2D eigenvalue weighted by atomic mass is 10.2. The van der Waals surface area contributed by atoms with Crippen LogP contribution in [0.5, 0.6) is 11.5 Å². The zero-order valence-corrected chi connectivity index (χ0v) is 13.5. The summed E-state index contributed by atoms with van der Waals surface area (Å²) in [6.07, 6.45) is 2.75. The summed E-state index contributed by atoms with van der Waals surface area (Å²) in [5.74, 6) is 0.334. The quantitative estimate of drug-likeness (QED) is 0.660. The summed E-state index contributed by atoms with van der Waals surface area (Å²) in [6.45, 7) is 0.399. The highest BCUT2D eigenvalue weighted by molar-refractivity contribution is 5.74. The molecule has 0 bridgehead atoms. The predicted octanol–water partition coefficient (Wildman–Crippen LogP) is 3.90. The van der Waals surface area contributed by atoms with Crippen LogP contribution >= 0.6 is 0 Å². The number of hydrogen-bond acceptors (Lipinski definition) is 7. The maximum Gasteiger partial charge on any atom is 0.229 e. The SMILES string of the molecule is Oc1cccc(Nc2ncc(F)c(Nc3ccc4c(c3)OCC=N4)n2)c1. The van der Waals surface area contributed by atoms with Gasteiger partial charge in [-0.1, -0.05) is 6.07 Å². The molecule has 1 aliphatic rings. The molecule has 0 atom stereocenters. The predicted molar refractivity (Wildman–Crippen MR) is 96.8 cm³/mol. The molecule has 26 heavy (non-hydrogen) atoms. The van der Waals surface area contributed by atoms with Crippen LogP contribution in [-0.2, 0) is 0 Å². The third-order valence-electron chi connectivity index (χ3n) is 3.61. The van der Waals surface area contributed by atoms with Crippen LogP contribution in [0.3, 0.4) is 0 Å². The van der Waals surface area contributed by atoms with Gasteiger partial charge in [0.05, 0.1) is 6.20 Å². The largest absolute Gasteiger partial charge is 0.508 e. The molecule has 3 aromatic rings. The van der Waals surface area contributed by atoms with Crippen LogP contribution < -0.4 is 15.4 Å². The number of nitrogens with zero attached hydrogens (tertiary/aromatic N) is 3. The van der Waals surface area contributed by atoms with E-state index in [1.54, 1.807) is 42.6 Å². The van der Waals surface area contributed by atoms with Gasteiger partial charge in [-0.15, -0.1) is 0 Å². The van der Waals surface area contributed by atoms with E-state index in [1.807, 2.05) is 0 Å². The van der Waals surface area contributed by atoms with Crippen molar-refractivity contribution in [3.8, 4) is 11.5 Å². The topological polar surface area (TPSA) is 91.7 Å². The molecule has 0 fully saturated rings. The summed E-state index contributed by atoms with van der Waals surface area (Å²) in [5.41, 5.74) is 1.92. The highest BCUT2D eigenvalue weighted by atomic mass is 19.1. The van der Waals surface area contributed by atoms with Crippen molar-refractivity contribution < 1.29 is 14.2 Å². The minimum absolute atomic E-state index is 0.0157. The minimum atomic E-state index is -0.594. The molecule has 2 heterocycles. The Kier molecular flexibility index (Phi) is 4.06. The Balaban J connectivity index is 1.57. The summed E-state index contributed by atoms with van der Waals surface area (Å²) >= 11 is 0. The van der Waals surface area contributed by atoms with Gasteiger partial charge in [-0.05, 0) is 24.3 Å². The molecule has 0 unspecified atom stereocenters. The normalized spacial score (nSPS) is 12.2. The van der Waals surface area contributed by atoms with Crippen LogP contribution in [0.25, 0.3) is 0 Å². The van der Waals surface area contributed by atoms with E-state index in [4.69, 9.17) is 4.74 Å². The van der Waals surface area contributed by atoms with Gasteiger partial charge in [-0.3, -0.25) is 4.99 Å². The van der Waals surface area contributed by atoms with Gasteiger partial charge in [0, 0.05) is 29.7 Å². The van der Waals surface area contributed by atoms with E-state index in [0.717, 1.165) is 11.9 Å². The molecule has 4 rings (SSSR count). The third kappa shape index (κ3) is 3.39. The van der Waals surface area contributed by atoms with Gasteiger partial charge < -0.3 is 20.5 Å². The first-order valence-electron chi connectivity index (χ1n) is 7.82. The number of fused-ring (bicyclic) bond motifs is 1. The average Bonchev–Trinajstić information content (AvgIpc) is 2.64. The lowest BCUT2D eigenvalue weighted by molar-refractivity contribution is 0.377. The van der Waals surface area contributed by atoms with Crippen molar-refractivity contribution in [2.24, 2.45) is 4.99 Å². The Labute approximate surface area is 148 Å². The summed E-state index contributed by atoms with van der Waals surface area (Å²) in [4.78, 5) is 12.3. The van der Waals surface area contributed by atoms with Crippen LogP contribution in [-0.4, -0.2) is 27.9 Å². The van der Waals surface area contributed by atoms with E-state index in [9.17, 15) is 9.50 Å². The van der Waals surface area contributed by atoms with Crippen LogP contribution in [0.1, 0.15) is 0 Å². The Bertz CT molecular complexity index is 993. The highest BCUT2D eigenvalue weighted by Gasteiger charge is 2.11. The highest BCUT2D eigenvalue weighted by Crippen LogP contribution is 2.33. The number of hydrogen-bond donors (Lipinski definition) is 3. The van der Waals surface area contributed by atoms with E-state index in [-0.39, 0.29) is 17.5 Å². The second-order valence-corrected chi connectivity index (χ2v) is 5.50. The molecule has 0 saturated carbocycles. The monoisotopic (exact) mass is 351 g/mol. The molecule has 2 aromatic carbocycles. The number of aromatic nitrogens is 2. The first-order valence-corrected chi connectivity index (χ1v) is 7.82. The molecule has 130 valence electrons. The Morgan fingerprint density at radius 2 is 1.96 bits per heavy atom. The van der Waals surface area contributed by atoms with E-state index < -0.39 is 5.82 Å². The Morgan fingerprint density at radius 1 is 1.08 bits per heavy atom. The fourth-order valence-corrected chi connectivity index (χ4v) is 2.44. The molecule has 0 spiro atoms. The minimum Gasteiger partial charge on any atom is -0.508 e. The molecular formula is C18H14FN5O2. The fourth-order valence-electron chi connectivity index (χ4n) is 2.44. The molecule has 7 nitrogen and oxygen atoms in total. The third-order valence-corrected chi connectivity index (χ3v) is 3.61. The van der Waals surface area contributed by atoms with Gasteiger partial charge in [0.1, 0.15) is 23.8 Å². The molecule has 1 aliphatic heterocycles. The number of benzene rings is 2. The van der Waals surface area contributed by atoms with Gasteiger partial charge in [-0.25, -0.2) is 9.37 Å². The van der Waals surface area contributed by atoms with Gasteiger partial charge in [0.15, 0.2) is 11.6 Å². The molecule has 0 amide bonds. The molecule has 0 radical (unpaired) electrons. The van der Waals surface area contributed by atoms with Crippen molar-refractivity contribution in [1.82, 2.24) is 9.97 Å². The van der Waals surface area contributed by atoms with Gasteiger partial charge in [0.25, 0.3) is 0 Å². The molecule has 8 heteroatoms. The van der Waals surface area contributed by atoms with Crippen LogP contribution in [0.15, 0.2) is 53.7 Å². The first kappa shape index (κ1) is 15.8. The smallest absolute Gasteiger partial charge is 0.229 e. The molecule has 0 aliphatic carbocycles.